The molecule has 1 aromatic carbocycles. The highest BCUT2D eigenvalue weighted by Crippen LogP contribution is 2.43. The molecule has 3 atom stereocenters. The summed E-state index contributed by atoms with van der Waals surface area (Å²) < 4.78 is 27.3. The summed E-state index contributed by atoms with van der Waals surface area (Å²) in [6.45, 7) is 0. The monoisotopic (exact) mass is 292 g/mol. The van der Waals surface area contributed by atoms with E-state index in [2.05, 4.69) is 0 Å². The number of benzene rings is 1. The zero-order chi connectivity index (χ0) is 14.8. The number of halogens is 2. The van der Waals surface area contributed by atoms with Crippen LogP contribution in [0.25, 0.3) is 0 Å². The molecule has 0 radical (unpaired) electrons. The van der Waals surface area contributed by atoms with Crippen molar-refractivity contribution in [3.05, 3.63) is 35.4 Å². The van der Waals surface area contributed by atoms with Gasteiger partial charge >= 0.3 is 0 Å². The van der Waals surface area contributed by atoms with Gasteiger partial charge in [-0.25, -0.2) is 8.78 Å². The van der Waals surface area contributed by atoms with Gasteiger partial charge in [-0.2, -0.15) is 0 Å². The Bertz CT molecular complexity index is 506. The summed E-state index contributed by atoms with van der Waals surface area (Å²) >= 11 is 0. The Morgan fingerprint density at radius 1 is 1.00 bits per heavy atom. The average molecular weight is 292 g/mol. The molecule has 0 saturated heterocycles. The van der Waals surface area contributed by atoms with Gasteiger partial charge in [0.05, 0.1) is 0 Å². The molecule has 0 aliphatic heterocycles. The molecule has 2 fully saturated rings. The van der Waals surface area contributed by atoms with Crippen molar-refractivity contribution in [2.45, 2.75) is 51.4 Å². The van der Waals surface area contributed by atoms with E-state index in [0.717, 1.165) is 25.2 Å². The van der Waals surface area contributed by atoms with Crippen molar-refractivity contribution in [1.82, 2.24) is 0 Å². The van der Waals surface area contributed by atoms with E-state index in [4.69, 9.17) is 0 Å². The van der Waals surface area contributed by atoms with E-state index in [1.807, 2.05) is 0 Å². The summed E-state index contributed by atoms with van der Waals surface area (Å²) in [6.07, 6.45) is 7.96. The zero-order valence-electron chi connectivity index (χ0n) is 12.3. The van der Waals surface area contributed by atoms with Gasteiger partial charge < -0.3 is 0 Å². The highest BCUT2D eigenvalue weighted by Gasteiger charge is 2.35. The van der Waals surface area contributed by atoms with Gasteiger partial charge in [-0.3, -0.25) is 4.79 Å². The highest BCUT2D eigenvalue weighted by molar-refractivity contribution is 5.83. The molecule has 0 aromatic heterocycles. The van der Waals surface area contributed by atoms with Crippen molar-refractivity contribution in [3.8, 4) is 0 Å². The second-order valence-electron chi connectivity index (χ2n) is 6.66. The zero-order valence-corrected chi connectivity index (χ0v) is 12.3. The number of hydrogen-bond acceptors (Lipinski definition) is 1. The maximum absolute atomic E-state index is 13.7. The van der Waals surface area contributed by atoms with Crippen LogP contribution in [0.5, 0.6) is 0 Å². The van der Waals surface area contributed by atoms with Gasteiger partial charge in [-0.15, -0.1) is 0 Å². The standard InChI is InChI=1S/C18H22F2O/c19-16-6-3-7-17(20)15(16)11-18(21)14-9-8-12-4-1-2-5-13(12)10-14/h3,6-7,12-14H,1-2,4-5,8-11H2. The minimum atomic E-state index is -0.602. The Morgan fingerprint density at radius 3 is 2.38 bits per heavy atom. The van der Waals surface area contributed by atoms with Gasteiger partial charge in [-0.1, -0.05) is 31.7 Å². The van der Waals surface area contributed by atoms with Crippen molar-refractivity contribution in [3.63, 3.8) is 0 Å². The first-order valence-electron chi connectivity index (χ1n) is 8.10. The van der Waals surface area contributed by atoms with Crippen LogP contribution in [0.4, 0.5) is 8.78 Å². The number of rotatable bonds is 3. The number of hydrogen-bond donors (Lipinski definition) is 0. The Hall–Kier alpha value is -1.25. The van der Waals surface area contributed by atoms with Crippen molar-refractivity contribution in [2.24, 2.45) is 17.8 Å². The smallest absolute Gasteiger partial charge is 0.140 e. The van der Waals surface area contributed by atoms with E-state index in [9.17, 15) is 13.6 Å². The number of carbonyl (C=O) groups excluding carboxylic acids is 1. The Balaban J connectivity index is 1.66. The lowest BCUT2D eigenvalue weighted by atomic mass is 9.66. The number of Topliss-reactive ketones (excluding diaryl/α,β-unsaturated/α-hetero) is 1. The van der Waals surface area contributed by atoms with E-state index in [-0.39, 0.29) is 23.7 Å². The first kappa shape index (κ1) is 14.7. The fourth-order valence-electron chi connectivity index (χ4n) is 4.19. The second-order valence-corrected chi connectivity index (χ2v) is 6.66. The topological polar surface area (TPSA) is 17.1 Å². The van der Waals surface area contributed by atoms with E-state index < -0.39 is 11.6 Å². The van der Waals surface area contributed by atoms with Crippen LogP contribution in [0.1, 0.15) is 50.5 Å². The third-order valence-corrected chi connectivity index (χ3v) is 5.41. The number of ketones is 1. The van der Waals surface area contributed by atoms with Crippen molar-refractivity contribution in [1.29, 1.82) is 0 Å². The van der Waals surface area contributed by atoms with Crippen LogP contribution in [-0.2, 0) is 11.2 Å². The molecule has 0 amide bonds. The van der Waals surface area contributed by atoms with Gasteiger partial charge in [0.2, 0.25) is 0 Å². The molecule has 2 aliphatic carbocycles. The fraction of sp³-hybridized carbons (Fsp3) is 0.611. The van der Waals surface area contributed by atoms with Crippen LogP contribution in [0.15, 0.2) is 18.2 Å². The molecule has 3 rings (SSSR count). The minimum Gasteiger partial charge on any atom is -0.299 e. The van der Waals surface area contributed by atoms with Crippen molar-refractivity contribution >= 4 is 5.78 Å². The molecule has 21 heavy (non-hydrogen) atoms. The molecule has 0 N–H and O–H groups in total. The quantitative estimate of drug-likeness (QED) is 0.790. The van der Waals surface area contributed by atoms with Gasteiger partial charge in [0, 0.05) is 17.9 Å². The normalized spacial score (nSPS) is 29.0. The maximum atomic E-state index is 13.7. The summed E-state index contributed by atoms with van der Waals surface area (Å²) in [7, 11) is 0. The Labute approximate surface area is 124 Å². The average Bonchev–Trinajstić information content (AvgIpc) is 2.50. The van der Waals surface area contributed by atoms with E-state index in [1.54, 1.807) is 0 Å². The molecule has 3 heteroatoms. The van der Waals surface area contributed by atoms with E-state index >= 15 is 0 Å². The Kier molecular flexibility index (Phi) is 4.37. The molecule has 114 valence electrons. The molecule has 3 unspecified atom stereocenters. The predicted molar refractivity (Wildman–Crippen MR) is 77.9 cm³/mol. The van der Waals surface area contributed by atoms with Crippen LogP contribution in [0.3, 0.4) is 0 Å². The van der Waals surface area contributed by atoms with Crippen LogP contribution < -0.4 is 0 Å². The number of fused-ring (bicyclic) bond motifs is 1. The van der Waals surface area contributed by atoms with Crippen molar-refractivity contribution in [2.75, 3.05) is 0 Å². The maximum Gasteiger partial charge on any atom is 0.140 e. The molecule has 0 heterocycles. The molecule has 0 bridgehead atoms. The summed E-state index contributed by atoms with van der Waals surface area (Å²) in [5.41, 5.74) is -0.0618. The van der Waals surface area contributed by atoms with E-state index in [0.29, 0.717) is 5.92 Å². The first-order chi connectivity index (χ1) is 10.1. The van der Waals surface area contributed by atoms with Gasteiger partial charge in [0.1, 0.15) is 17.4 Å². The van der Waals surface area contributed by atoms with Crippen LogP contribution in [0, 0.1) is 29.4 Å². The lowest BCUT2D eigenvalue weighted by Gasteiger charge is -2.38. The van der Waals surface area contributed by atoms with Gasteiger partial charge in [-0.05, 0) is 43.2 Å². The fourth-order valence-corrected chi connectivity index (χ4v) is 4.19. The molecule has 1 nitrogen and oxygen atoms in total. The summed E-state index contributed by atoms with van der Waals surface area (Å²) in [6, 6.07) is 3.79. The third kappa shape index (κ3) is 3.17. The summed E-state index contributed by atoms with van der Waals surface area (Å²) in [5, 5.41) is 0. The van der Waals surface area contributed by atoms with E-state index in [1.165, 1.54) is 43.9 Å². The molecular weight excluding hydrogens is 270 g/mol. The second kappa shape index (κ2) is 6.25. The molecule has 0 spiro atoms. The predicted octanol–water partition coefficient (Wildman–Crippen LogP) is 4.68. The molecule has 2 saturated carbocycles. The Morgan fingerprint density at radius 2 is 1.67 bits per heavy atom. The lowest BCUT2D eigenvalue weighted by Crippen LogP contribution is -2.32. The lowest BCUT2D eigenvalue weighted by molar-refractivity contribution is -0.124. The molecule has 2 aliphatic rings. The van der Waals surface area contributed by atoms with Crippen LogP contribution in [0.2, 0.25) is 0 Å². The SMILES string of the molecule is O=C(Cc1c(F)cccc1F)C1CCC2CCCCC2C1. The minimum absolute atomic E-state index is 0.00311. The van der Waals surface area contributed by atoms with Crippen molar-refractivity contribution < 1.29 is 13.6 Å². The first-order valence-corrected chi connectivity index (χ1v) is 8.10. The summed E-state index contributed by atoms with van der Waals surface area (Å²) in [5.74, 6) is 0.260. The van der Waals surface area contributed by atoms with Crippen LogP contribution in [-0.4, -0.2) is 5.78 Å². The largest absolute Gasteiger partial charge is 0.299 e. The molecule has 1 aromatic rings. The molecular formula is C18H22F2O. The summed E-state index contributed by atoms with van der Waals surface area (Å²) in [4.78, 5) is 12.4. The third-order valence-electron chi connectivity index (χ3n) is 5.41. The van der Waals surface area contributed by atoms with Gasteiger partial charge in [0.25, 0.3) is 0 Å². The van der Waals surface area contributed by atoms with Crippen LogP contribution >= 0.6 is 0 Å². The number of carbonyl (C=O) groups is 1. The highest BCUT2D eigenvalue weighted by atomic mass is 19.1. The van der Waals surface area contributed by atoms with Gasteiger partial charge in [0.15, 0.2) is 0 Å².